The molecule has 28 heavy (non-hydrogen) atoms. The van der Waals surface area contributed by atoms with Gasteiger partial charge in [0.05, 0.1) is 12.6 Å². The smallest absolute Gasteiger partial charge is 0.0577 e. The van der Waals surface area contributed by atoms with Gasteiger partial charge in [0, 0.05) is 29.7 Å². The fourth-order valence-electron chi connectivity index (χ4n) is 7.74. The number of hydrogen-bond donors (Lipinski definition) is 1. The van der Waals surface area contributed by atoms with Crippen LogP contribution in [0.3, 0.4) is 0 Å². The van der Waals surface area contributed by atoms with E-state index in [9.17, 15) is 5.11 Å². The number of hydrogen-bond acceptors (Lipinski definition) is 3. The van der Waals surface area contributed by atoms with E-state index in [1.54, 1.807) is 11.3 Å². The van der Waals surface area contributed by atoms with Crippen molar-refractivity contribution in [3.63, 3.8) is 0 Å². The fourth-order valence-corrected chi connectivity index (χ4v) is 7.74. The fraction of sp³-hybridized carbons (Fsp3) is 0.720. The van der Waals surface area contributed by atoms with Crippen LogP contribution in [0.2, 0.25) is 0 Å². The molecule has 152 valence electrons. The molecule has 5 aliphatic rings. The first kappa shape index (κ1) is 18.7. The topological polar surface area (TPSA) is 35.8 Å². The molecule has 0 aromatic carbocycles. The van der Waals surface area contributed by atoms with Crippen LogP contribution in [0.1, 0.15) is 65.7 Å². The molecule has 1 heterocycles. The Balaban J connectivity index is 1.50. The van der Waals surface area contributed by atoms with Crippen LogP contribution in [0.4, 0.5) is 0 Å². The monoisotopic (exact) mass is 380 g/mol. The predicted octanol–water partition coefficient (Wildman–Crippen LogP) is 5.30. The molecule has 0 unspecified atom stereocenters. The van der Waals surface area contributed by atoms with Crippen molar-refractivity contribution in [2.24, 2.45) is 39.5 Å². The van der Waals surface area contributed by atoms with Gasteiger partial charge >= 0.3 is 0 Å². The van der Waals surface area contributed by atoms with Crippen LogP contribution < -0.4 is 0 Å². The number of fused-ring (bicyclic) bond motifs is 5. The van der Waals surface area contributed by atoms with E-state index in [0.717, 1.165) is 37.1 Å². The average Bonchev–Trinajstić information content (AvgIpc) is 3.06. The van der Waals surface area contributed by atoms with Gasteiger partial charge in [-0.05, 0) is 74.0 Å². The third-order valence-electron chi connectivity index (χ3n) is 9.28. The normalized spacial score (nSPS) is 47.1. The van der Waals surface area contributed by atoms with Gasteiger partial charge in [-0.3, -0.25) is 4.99 Å². The first-order chi connectivity index (χ1) is 13.5. The molecule has 1 N–H and O–H groups in total. The molecule has 0 bridgehead atoms. The minimum absolute atomic E-state index is 0.116. The Hall–Kier alpha value is -1.35. The number of nitrogens with zero attached hydrogens (tertiary/aromatic N) is 2. The first-order valence-corrected chi connectivity index (χ1v) is 11.5. The van der Waals surface area contributed by atoms with Crippen LogP contribution in [0, 0.1) is 34.5 Å². The quantitative estimate of drug-likeness (QED) is 0.660. The lowest BCUT2D eigenvalue weighted by Gasteiger charge is -2.60. The van der Waals surface area contributed by atoms with Crippen LogP contribution in [0.5, 0.6) is 0 Å². The summed E-state index contributed by atoms with van der Waals surface area (Å²) in [5.41, 5.74) is 3.74. The summed E-state index contributed by atoms with van der Waals surface area (Å²) in [6, 6.07) is 0. The summed E-state index contributed by atoms with van der Waals surface area (Å²) in [6.07, 6.45) is 19.4. The van der Waals surface area contributed by atoms with Crippen molar-refractivity contribution in [2.45, 2.75) is 71.8 Å². The second-order valence-corrected chi connectivity index (χ2v) is 10.4. The first-order valence-electron chi connectivity index (χ1n) is 11.5. The highest BCUT2D eigenvalue weighted by atomic mass is 16.3. The summed E-state index contributed by atoms with van der Waals surface area (Å²) in [5, 5.41) is 10.3. The van der Waals surface area contributed by atoms with Crippen molar-refractivity contribution in [1.82, 2.24) is 4.90 Å². The van der Waals surface area contributed by atoms with Gasteiger partial charge in [-0.1, -0.05) is 38.5 Å². The SMILES string of the molecule is CC[C@H]1C=C2C[C@H](O)CC[C@]2(C)[C@H]2CC[C@]3(C)C(N4C=CN=CC4)=CC[C@H]3[C@H]12. The maximum absolute atomic E-state index is 10.3. The average molecular weight is 381 g/mol. The maximum atomic E-state index is 10.3. The zero-order chi connectivity index (χ0) is 19.5. The standard InChI is InChI=1S/C25H36N2O/c1-4-17-15-18-16-19(28)7-9-24(18,2)21-8-10-25(3)20(23(17)21)5-6-22(25)27-13-11-26-12-14-27/h6,11-13,15,17,19-21,23,28H,4-5,7-10,14,16H2,1-3H3/t17-,19+,20-,21-,23-,24-,25-/m0/s1. The number of allylic oxidation sites excluding steroid dienone is 3. The summed E-state index contributed by atoms with van der Waals surface area (Å²) < 4.78 is 0. The molecule has 5 rings (SSSR count). The third-order valence-corrected chi connectivity index (χ3v) is 9.28. The van der Waals surface area contributed by atoms with Crippen LogP contribution in [-0.2, 0) is 0 Å². The molecule has 2 saturated carbocycles. The summed E-state index contributed by atoms with van der Waals surface area (Å²) in [7, 11) is 0. The van der Waals surface area contributed by atoms with E-state index in [1.807, 2.05) is 12.4 Å². The molecule has 0 radical (unpaired) electrons. The molecular weight excluding hydrogens is 344 g/mol. The van der Waals surface area contributed by atoms with Crippen molar-refractivity contribution in [3.05, 3.63) is 35.8 Å². The molecular formula is C25H36N2O. The van der Waals surface area contributed by atoms with Crippen molar-refractivity contribution < 1.29 is 5.11 Å². The molecule has 3 heteroatoms. The van der Waals surface area contributed by atoms with E-state index in [1.165, 1.54) is 32.1 Å². The third kappa shape index (κ3) is 2.54. The van der Waals surface area contributed by atoms with Gasteiger partial charge in [-0.25, -0.2) is 0 Å². The second-order valence-electron chi connectivity index (χ2n) is 10.4. The zero-order valence-electron chi connectivity index (χ0n) is 17.8. The Labute approximate surface area is 170 Å². The lowest BCUT2D eigenvalue weighted by Crippen LogP contribution is -2.53. The minimum Gasteiger partial charge on any atom is -0.393 e. The van der Waals surface area contributed by atoms with Gasteiger partial charge in [-0.2, -0.15) is 0 Å². The Bertz CT molecular complexity index is 765. The van der Waals surface area contributed by atoms with Gasteiger partial charge in [-0.15, -0.1) is 0 Å². The molecule has 0 saturated heterocycles. The van der Waals surface area contributed by atoms with Gasteiger partial charge in [0.25, 0.3) is 0 Å². The largest absolute Gasteiger partial charge is 0.393 e. The summed E-state index contributed by atoms with van der Waals surface area (Å²) in [6.45, 7) is 8.37. The summed E-state index contributed by atoms with van der Waals surface area (Å²) in [5.74, 6) is 2.99. The highest BCUT2D eigenvalue weighted by Gasteiger charge is 2.59. The van der Waals surface area contributed by atoms with E-state index in [4.69, 9.17) is 0 Å². The van der Waals surface area contributed by atoms with Crippen LogP contribution >= 0.6 is 0 Å². The zero-order valence-corrected chi connectivity index (χ0v) is 17.8. The molecule has 0 aromatic rings. The maximum Gasteiger partial charge on any atom is 0.0577 e. The highest BCUT2D eigenvalue weighted by Crippen LogP contribution is 2.66. The number of aliphatic hydroxyl groups is 1. The van der Waals surface area contributed by atoms with E-state index < -0.39 is 0 Å². The molecule has 4 aliphatic carbocycles. The number of aliphatic imine (C=N–C) groups is 1. The second kappa shape index (κ2) is 6.58. The van der Waals surface area contributed by atoms with Gasteiger partial charge < -0.3 is 10.0 Å². The Kier molecular flexibility index (Phi) is 4.39. The minimum atomic E-state index is -0.116. The van der Waals surface area contributed by atoms with Crippen LogP contribution in [-0.4, -0.2) is 28.9 Å². The molecule has 3 nitrogen and oxygen atoms in total. The molecule has 0 aromatic heterocycles. The molecule has 0 amide bonds. The number of aliphatic hydroxyl groups excluding tert-OH is 1. The molecule has 0 spiro atoms. The van der Waals surface area contributed by atoms with Crippen molar-refractivity contribution in [1.29, 1.82) is 0 Å². The molecule has 2 fully saturated rings. The van der Waals surface area contributed by atoms with Crippen molar-refractivity contribution in [3.8, 4) is 0 Å². The predicted molar refractivity (Wildman–Crippen MR) is 115 cm³/mol. The van der Waals surface area contributed by atoms with E-state index in [2.05, 4.69) is 49.0 Å². The number of rotatable bonds is 2. The van der Waals surface area contributed by atoms with E-state index in [-0.39, 0.29) is 6.10 Å². The Morgan fingerprint density at radius 3 is 2.75 bits per heavy atom. The van der Waals surface area contributed by atoms with Crippen molar-refractivity contribution in [2.75, 3.05) is 6.54 Å². The van der Waals surface area contributed by atoms with Crippen molar-refractivity contribution >= 4 is 6.21 Å². The van der Waals surface area contributed by atoms with Crippen LogP contribution in [0.25, 0.3) is 0 Å². The lowest BCUT2D eigenvalue weighted by molar-refractivity contribution is -0.0559. The molecule has 1 aliphatic heterocycles. The Morgan fingerprint density at radius 1 is 1.18 bits per heavy atom. The van der Waals surface area contributed by atoms with Gasteiger partial charge in [0.1, 0.15) is 0 Å². The summed E-state index contributed by atoms with van der Waals surface area (Å²) >= 11 is 0. The highest BCUT2D eigenvalue weighted by molar-refractivity contribution is 5.62. The molecule has 7 atom stereocenters. The van der Waals surface area contributed by atoms with E-state index in [0.29, 0.717) is 16.7 Å². The van der Waals surface area contributed by atoms with Crippen LogP contribution in [0.15, 0.2) is 40.8 Å². The Morgan fingerprint density at radius 2 is 2.00 bits per heavy atom. The summed E-state index contributed by atoms with van der Waals surface area (Å²) in [4.78, 5) is 6.72. The lowest BCUT2D eigenvalue weighted by atomic mass is 9.45. The van der Waals surface area contributed by atoms with Gasteiger partial charge in [0.15, 0.2) is 0 Å². The van der Waals surface area contributed by atoms with Gasteiger partial charge in [0.2, 0.25) is 0 Å². The van der Waals surface area contributed by atoms with E-state index >= 15 is 0 Å².